The number of methoxy groups -OCH3 is 1. The van der Waals surface area contributed by atoms with Gasteiger partial charge in [0.1, 0.15) is 0 Å². The second-order valence-corrected chi connectivity index (χ2v) is 7.09. The van der Waals surface area contributed by atoms with Gasteiger partial charge in [0.05, 0.1) is 6.61 Å². The fourth-order valence-electron chi connectivity index (χ4n) is 2.26. The van der Waals surface area contributed by atoms with Gasteiger partial charge in [-0.25, -0.2) is 0 Å². The highest BCUT2D eigenvalue weighted by Gasteiger charge is 2.10. The highest BCUT2D eigenvalue weighted by Crippen LogP contribution is 2.17. The van der Waals surface area contributed by atoms with Crippen LogP contribution in [0.3, 0.4) is 0 Å². The Labute approximate surface area is 144 Å². The van der Waals surface area contributed by atoms with Crippen molar-refractivity contribution in [2.45, 2.75) is 12.7 Å². The molecular formula is C18H22N2O3S. The van der Waals surface area contributed by atoms with Crippen LogP contribution in [-0.4, -0.2) is 29.6 Å². The molecule has 2 rings (SSSR count). The first-order chi connectivity index (χ1) is 11.5. The number of benzene rings is 2. The van der Waals surface area contributed by atoms with E-state index in [1.807, 2.05) is 31.2 Å². The summed E-state index contributed by atoms with van der Waals surface area (Å²) < 4.78 is 16.9. The summed E-state index contributed by atoms with van der Waals surface area (Å²) in [5.74, 6) is 0.720. The van der Waals surface area contributed by atoms with Gasteiger partial charge in [-0.2, -0.15) is 0 Å². The first-order valence-corrected chi connectivity index (χ1v) is 9.08. The van der Waals surface area contributed by atoms with Crippen molar-refractivity contribution in [3.8, 4) is 0 Å². The molecule has 1 amide bonds. The molecule has 2 aromatic carbocycles. The van der Waals surface area contributed by atoms with Gasteiger partial charge in [0.25, 0.3) is 5.91 Å². The topological polar surface area (TPSA) is 81.4 Å². The van der Waals surface area contributed by atoms with Crippen LogP contribution in [-0.2, 0) is 21.3 Å². The Hall–Kier alpha value is -2.18. The normalized spacial score (nSPS) is 11.9. The number of carbonyl (C=O) groups is 1. The zero-order chi connectivity index (χ0) is 17.5. The van der Waals surface area contributed by atoms with Gasteiger partial charge in [-0.3, -0.25) is 9.00 Å². The molecule has 5 nitrogen and oxygen atoms in total. The number of aryl methyl sites for hydroxylation is 1. The lowest BCUT2D eigenvalue weighted by Gasteiger charge is -2.10. The smallest absolute Gasteiger partial charge is 0.256 e. The zero-order valence-corrected chi connectivity index (χ0v) is 14.7. The number of hydrogen-bond acceptors (Lipinski definition) is 4. The van der Waals surface area contributed by atoms with Crippen LogP contribution in [0.4, 0.5) is 11.4 Å². The second kappa shape index (κ2) is 8.61. The van der Waals surface area contributed by atoms with Crippen LogP contribution < -0.4 is 11.1 Å². The third kappa shape index (κ3) is 5.18. The van der Waals surface area contributed by atoms with Crippen molar-refractivity contribution < 1.29 is 13.7 Å². The van der Waals surface area contributed by atoms with Crippen molar-refractivity contribution in [3.63, 3.8) is 0 Å². The van der Waals surface area contributed by atoms with Crippen LogP contribution in [0.5, 0.6) is 0 Å². The Kier molecular flexibility index (Phi) is 6.52. The van der Waals surface area contributed by atoms with Gasteiger partial charge in [-0.15, -0.1) is 0 Å². The number of rotatable bonds is 7. The van der Waals surface area contributed by atoms with Crippen LogP contribution in [0.1, 0.15) is 21.5 Å². The molecule has 0 radical (unpaired) electrons. The van der Waals surface area contributed by atoms with Gasteiger partial charge in [-0.05, 0) is 42.3 Å². The summed E-state index contributed by atoms with van der Waals surface area (Å²) in [4.78, 5) is 12.4. The molecule has 0 aliphatic heterocycles. The van der Waals surface area contributed by atoms with Crippen molar-refractivity contribution in [1.82, 2.24) is 0 Å². The minimum atomic E-state index is -0.989. The molecule has 1 unspecified atom stereocenters. The fourth-order valence-corrected chi connectivity index (χ4v) is 3.30. The van der Waals surface area contributed by atoms with E-state index in [1.165, 1.54) is 0 Å². The summed E-state index contributed by atoms with van der Waals surface area (Å²) >= 11 is 0. The van der Waals surface area contributed by atoms with E-state index in [4.69, 9.17) is 10.5 Å². The summed E-state index contributed by atoms with van der Waals surface area (Å²) in [5, 5.41) is 2.86. The maximum absolute atomic E-state index is 12.4. The van der Waals surface area contributed by atoms with Crippen LogP contribution in [0, 0.1) is 6.92 Å². The van der Waals surface area contributed by atoms with E-state index < -0.39 is 10.8 Å². The highest BCUT2D eigenvalue weighted by molar-refractivity contribution is 7.84. The average molecular weight is 346 g/mol. The van der Waals surface area contributed by atoms with Crippen LogP contribution in [0.15, 0.2) is 42.5 Å². The van der Waals surface area contributed by atoms with Crippen LogP contribution in [0.25, 0.3) is 0 Å². The molecule has 0 aromatic heterocycles. The Morgan fingerprint density at radius 2 is 2.04 bits per heavy atom. The molecule has 24 heavy (non-hydrogen) atoms. The summed E-state index contributed by atoms with van der Waals surface area (Å²) in [5.41, 5.74) is 9.29. The lowest BCUT2D eigenvalue weighted by Crippen LogP contribution is -2.14. The van der Waals surface area contributed by atoms with Gasteiger partial charge < -0.3 is 15.8 Å². The molecule has 0 spiro atoms. The van der Waals surface area contributed by atoms with Crippen molar-refractivity contribution in [1.29, 1.82) is 0 Å². The predicted molar refractivity (Wildman–Crippen MR) is 98.6 cm³/mol. The van der Waals surface area contributed by atoms with Crippen molar-refractivity contribution in [2.75, 3.05) is 30.5 Å². The van der Waals surface area contributed by atoms with Crippen molar-refractivity contribution in [2.24, 2.45) is 0 Å². The van der Waals surface area contributed by atoms with Gasteiger partial charge in [-0.1, -0.05) is 18.2 Å². The molecule has 0 aliphatic carbocycles. The molecular weight excluding hydrogens is 324 g/mol. The third-order valence-electron chi connectivity index (χ3n) is 3.53. The van der Waals surface area contributed by atoms with Gasteiger partial charge in [0.2, 0.25) is 0 Å². The van der Waals surface area contributed by atoms with Gasteiger partial charge in [0.15, 0.2) is 0 Å². The maximum Gasteiger partial charge on any atom is 0.256 e. The third-order valence-corrected chi connectivity index (χ3v) is 4.81. The van der Waals surface area contributed by atoms with Gasteiger partial charge >= 0.3 is 0 Å². The van der Waals surface area contributed by atoms with E-state index in [0.717, 1.165) is 11.1 Å². The zero-order valence-electron chi connectivity index (χ0n) is 13.9. The quantitative estimate of drug-likeness (QED) is 0.755. The highest BCUT2D eigenvalue weighted by atomic mass is 32.2. The van der Waals surface area contributed by atoms with Crippen LogP contribution >= 0.6 is 0 Å². The Morgan fingerprint density at radius 3 is 2.79 bits per heavy atom. The maximum atomic E-state index is 12.4. The van der Waals surface area contributed by atoms with E-state index >= 15 is 0 Å². The average Bonchev–Trinajstić information content (AvgIpc) is 2.55. The number of hydrogen-bond donors (Lipinski definition) is 2. The predicted octanol–water partition coefficient (Wildman–Crippen LogP) is 2.72. The lowest BCUT2D eigenvalue weighted by molar-refractivity contribution is 0.102. The molecule has 3 N–H and O–H groups in total. The first kappa shape index (κ1) is 18.2. The summed E-state index contributed by atoms with van der Waals surface area (Å²) in [6, 6.07) is 12.6. The SMILES string of the molecule is COCCS(=O)Cc1cccc(NC(=O)c2cc(N)ccc2C)c1. The molecule has 1 atom stereocenters. The van der Waals surface area contributed by atoms with E-state index in [1.54, 1.807) is 25.3 Å². The minimum Gasteiger partial charge on any atom is -0.399 e. The Balaban J connectivity index is 2.07. The number of ether oxygens (including phenoxy) is 1. The van der Waals surface area contributed by atoms with Crippen molar-refractivity contribution >= 4 is 28.1 Å². The molecule has 0 saturated carbocycles. The standard InChI is InChI=1S/C18H22N2O3S/c1-13-6-7-15(19)11-17(13)18(21)20-16-5-3-4-14(10-16)12-24(22)9-8-23-2/h3-7,10-11H,8-9,12,19H2,1-2H3,(H,20,21). The minimum absolute atomic E-state index is 0.211. The number of anilines is 2. The number of nitrogens with two attached hydrogens (primary N) is 1. The van der Waals surface area contributed by atoms with E-state index in [9.17, 15) is 9.00 Å². The van der Waals surface area contributed by atoms with Crippen molar-refractivity contribution in [3.05, 3.63) is 59.2 Å². The summed E-state index contributed by atoms with van der Waals surface area (Å²) in [6.45, 7) is 2.33. The number of nitrogen functional groups attached to an aromatic ring is 1. The second-order valence-electron chi connectivity index (χ2n) is 5.51. The first-order valence-electron chi connectivity index (χ1n) is 7.60. The van der Waals surface area contributed by atoms with Gasteiger partial charge in [0, 0.05) is 46.4 Å². The Bertz CT molecular complexity index is 747. The molecule has 2 aromatic rings. The number of nitrogens with one attached hydrogen (secondary N) is 1. The van der Waals surface area contributed by atoms with Crippen LogP contribution in [0.2, 0.25) is 0 Å². The molecule has 0 heterocycles. The van der Waals surface area contributed by atoms with E-state index in [0.29, 0.717) is 35.1 Å². The molecule has 0 aliphatic rings. The number of amides is 1. The largest absolute Gasteiger partial charge is 0.399 e. The molecule has 128 valence electrons. The number of carbonyl (C=O) groups excluding carboxylic acids is 1. The van der Waals surface area contributed by atoms with E-state index in [2.05, 4.69) is 5.32 Å². The summed E-state index contributed by atoms with van der Waals surface area (Å²) in [6.07, 6.45) is 0. The monoisotopic (exact) mass is 346 g/mol. The molecule has 0 saturated heterocycles. The fraction of sp³-hybridized carbons (Fsp3) is 0.278. The molecule has 0 fully saturated rings. The lowest BCUT2D eigenvalue weighted by atomic mass is 10.1. The summed E-state index contributed by atoms with van der Waals surface area (Å²) in [7, 11) is 0.600. The van der Waals surface area contributed by atoms with E-state index in [-0.39, 0.29) is 5.91 Å². The molecule has 6 heteroatoms. The Morgan fingerprint density at radius 1 is 1.25 bits per heavy atom. The molecule has 0 bridgehead atoms.